The van der Waals surface area contributed by atoms with E-state index in [4.69, 9.17) is 38.5 Å². The Labute approximate surface area is 158 Å². The smallest absolute Gasteiger partial charge is 0.269 e. The van der Waals surface area contributed by atoms with Crippen LogP contribution in [0.25, 0.3) is 11.6 Å². The lowest BCUT2D eigenvalue weighted by Gasteiger charge is -2.01. The second-order valence-corrected chi connectivity index (χ2v) is 6.80. The number of halogens is 2. The van der Waals surface area contributed by atoms with Gasteiger partial charge in [0.2, 0.25) is 0 Å². The van der Waals surface area contributed by atoms with Crippen molar-refractivity contribution in [3.05, 3.63) is 53.4 Å². The molecular weight excluding hydrogens is 381 g/mol. The summed E-state index contributed by atoms with van der Waals surface area (Å²) in [5.41, 5.74) is 0.120. The summed E-state index contributed by atoms with van der Waals surface area (Å²) in [5.74, 6) is 0. The van der Waals surface area contributed by atoms with Gasteiger partial charge in [0.25, 0.3) is 5.56 Å². The van der Waals surface area contributed by atoms with Gasteiger partial charge in [-0.1, -0.05) is 29.3 Å². The van der Waals surface area contributed by atoms with Crippen LogP contribution in [0.2, 0.25) is 10.0 Å². The van der Waals surface area contributed by atoms with Gasteiger partial charge in [-0.05, 0) is 24.6 Å². The molecule has 0 aliphatic heterocycles. The van der Waals surface area contributed by atoms with Gasteiger partial charge in [-0.25, -0.2) is 0 Å². The lowest BCUT2D eigenvalue weighted by molar-refractivity contribution is 0.190. The van der Waals surface area contributed by atoms with Crippen molar-refractivity contribution in [2.45, 2.75) is 13.0 Å². The Kier molecular flexibility index (Phi) is 6.81. The van der Waals surface area contributed by atoms with Gasteiger partial charge in [0.05, 0.1) is 4.53 Å². The number of hydrogen-bond donors (Lipinski definition) is 0. The first-order chi connectivity index (χ1) is 12.0. The summed E-state index contributed by atoms with van der Waals surface area (Å²) < 4.78 is 7.09. The molecule has 8 heteroatoms. The zero-order valence-electron chi connectivity index (χ0n) is 13.3. The van der Waals surface area contributed by atoms with Crippen LogP contribution in [0.1, 0.15) is 12.0 Å². The molecule has 0 fully saturated rings. The molecular formula is C17H13Cl2N3O2S. The second kappa shape index (κ2) is 8.84. The molecule has 0 atom stereocenters. The van der Waals surface area contributed by atoms with Crippen LogP contribution in [-0.4, -0.2) is 18.3 Å². The molecule has 0 radical (unpaired) electrons. The van der Waals surface area contributed by atoms with Crippen molar-refractivity contribution in [1.82, 2.24) is 4.57 Å². The first kappa shape index (κ1) is 19.2. The van der Waals surface area contributed by atoms with E-state index in [0.717, 1.165) is 11.3 Å². The van der Waals surface area contributed by atoms with E-state index in [0.29, 0.717) is 44.4 Å². The van der Waals surface area contributed by atoms with Gasteiger partial charge in [0.1, 0.15) is 16.8 Å². The molecule has 0 aliphatic rings. The summed E-state index contributed by atoms with van der Waals surface area (Å²) in [6, 6.07) is 8.73. The minimum Gasteiger partial charge on any atom is -0.385 e. The minimum atomic E-state index is -0.296. The van der Waals surface area contributed by atoms with E-state index in [1.807, 2.05) is 12.1 Å². The monoisotopic (exact) mass is 393 g/mol. The molecule has 0 saturated carbocycles. The van der Waals surface area contributed by atoms with E-state index in [2.05, 4.69) is 0 Å². The number of nitrogens with zero attached hydrogens (tertiary/aromatic N) is 3. The maximum absolute atomic E-state index is 12.7. The van der Waals surface area contributed by atoms with E-state index < -0.39 is 0 Å². The molecule has 0 amide bonds. The number of methoxy groups -OCH3 is 1. The average molecular weight is 394 g/mol. The number of ether oxygens (including phenoxy) is 1. The topological polar surface area (TPSA) is 78.8 Å². The summed E-state index contributed by atoms with van der Waals surface area (Å²) in [6.45, 7) is 0.807. The standard InChI is InChI=1S/C17H13Cl2N3O2S/c1-24-7-3-6-22-16(23)15(25-17(22)11(9-20)10-21)8-12-13(18)4-2-5-14(12)19/h2,4-5,8H,3,6-7H2,1H3/b15-8-. The van der Waals surface area contributed by atoms with Crippen LogP contribution >= 0.6 is 34.5 Å². The number of thiazole rings is 1. The third-order valence-electron chi connectivity index (χ3n) is 3.35. The molecule has 2 rings (SSSR count). The zero-order chi connectivity index (χ0) is 18.4. The SMILES string of the molecule is COCCCn1c(=C(C#N)C#N)s/c(=C\c2c(Cl)cccc2Cl)c1=O. The largest absolute Gasteiger partial charge is 0.385 e. The van der Waals surface area contributed by atoms with Crippen LogP contribution in [0.3, 0.4) is 0 Å². The van der Waals surface area contributed by atoms with Crippen LogP contribution in [0.5, 0.6) is 0 Å². The van der Waals surface area contributed by atoms with E-state index >= 15 is 0 Å². The summed E-state index contributed by atoms with van der Waals surface area (Å²) in [5, 5.41) is 19.1. The third-order valence-corrected chi connectivity index (χ3v) is 5.14. The fourth-order valence-electron chi connectivity index (χ4n) is 2.18. The predicted molar refractivity (Wildman–Crippen MR) is 99.0 cm³/mol. The van der Waals surface area contributed by atoms with Gasteiger partial charge in [-0.2, -0.15) is 10.5 Å². The van der Waals surface area contributed by atoms with Crippen LogP contribution in [-0.2, 0) is 11.3 Å². The first-order valence-electron chi connectivity index (χ1n) is 7.22. The molecule has 0 aliphatic carbocycles. The van der Waals surface area contributed by atoms with Crippen molar-refractivity contribution < 1.29 is 4.74 Å². The molecule has 1 aromatic carbocycles. The van der Waals surface area contributed by atoms with E-state index in [1.54, 1.807) is 31.4 Å². The van der Waals surface area contributed by atoms with E-state index in [9.17, 15) is 4.79 Å². The summed E-state index contributed by atoms with van der Waals surface area (Å²) in [7, 11) is 1.57. The summed E-state index contributed by atoms with van der Waals surface area (Å²) in [4.78, 5) is 12.7. The highest BCUT2D eigenvalue weighted by Gasteiger charge is 2.10. The van der Waals surface area contributed by atoms with Gasteiger partial charge in [0, 0.05) is 35.9 Å². The molecule has 1 aromatic heterocycles. The van der Waals surface area contributed by atoms with Gasteiger partial charge in [-0.15, -0.1) is 11.3 Å². The molecule has 5 nitrogen and oxygen atoms in total. The molecule has 0 saturated heterocycles. The van der Waals surface area contributed by atoms with E-state index in [-0.39, 0.29) is 11.1 Å². The van der Waals surface area contributed by atoms with Gasteiger partial charge in [0.15, 0.2) is 5.57 Å². The Bertz CT molecular complexity index is 1010. The number of rotatable bonds is 5. The molecule has 2 aromatic rings. The average Bonchev–Trinajstić information content (AvgIpc) is 2.89. The van der Waals surface area contributed by atoms with Crippen LogP contribution in [0.15, 0.2) is 23.0 Å². The Balaban J connectivity index is 2.74. The van der Waals surface area contributed by atoms with Gasteiger partial charge >= 0.3 is 0 Å². The van der Waals surface area contributed by atoms with Crippen molar-refractivity contribution in [1.29, 1.82) is 10.5 Å². The van der Waals surface area contributed by atoms with Gasteiger partial charge in [-0.3, -0.25) is 9.36 Å². The predicted octanol–water partition coefficient (Wildman–Crippen LogP) is 2.28. The molecule has 0 unspecified atom stereocenters. The number of nitriles is 2. The Morgan fingerprint density at radius 2 is 1.96 bits per heavy atom. The van der Waals surface area contributed by atoms with E-state index in [1.165, 1.54) is 4.57 Å². The highest BCUT2D eigenvalue weighted by atomic mass is 35.5. The number of aromatic nitrogens is 1. The fraction of sp³-hybridized carbons (Fsp3) is 0.235. The maximum atomic E-state index is 12.7. The van der Waals surface area contributed by atoms with Crippen molar-refractivity contribution in [3.63, 3.8) is 0 Å². The highest BCUT2D eigenvalue weighted by molar-refractivity contribution is 7.07. The zero-order valence-corrected chi connectivity index (χ0v) is 15.6. The molecule has 1 heterocycles. The van der Waals surface area contributed by atoms with Crippen LogP contribution in [0, 0.1) is 22.7 Å². The molecule has 25 heavy (non-hydrogen) atoms. The lowest BCUT2D eigenvalue weighted by Crippen LogP contribution is -2.32. The third kappa shape index (κ3) is 4.31. The maximum Gasteiger partial charge on any atom is 0.269 e. The Morgan fingerprint density at radius 1 is 1.32 bits per heavy atom. The molecule has 128 valence electrons. The fourth-order valence-corrected chi connectivity index (χ4v) is 3.74. The Hall–Kier alpha value is -2.09. The minimum absolute atomic E-state index is 0.107. The summed E-state index contributed by atoms with van der Waals surface area (Å²) >= 11 is 13.4. The molecule has 0 N–H and O–H groups in total. The van der Waals surface area contributed by atoms with Crippen LogP contribution < -0.4 is 14.8 Å². The Morgan fingerprint density at radius 3 is 2.52 bits per heavy atom. The normalized spacial score (nSPS) is 11.2. The first-order valence-corrected chi connectivity index (χ1v) is 8.79. The quantitative estimate of drug-likeness (QED) is 0.729. The number of benzene rings is 1. The van der Waals surface area contributed by atoms with Crippen molar-refractivity contribution >= 4 is 46.2 Å². The van der Waals surface area contributed by atoms with Crippen molar-refractivity contribution in [2.24, 2.45) is 0 Å². The molecule has 0 spiro atoms. The van der Waals surface area contributed by atoms with Gasteiger partial charge < -0.3 is 4.74 Å². The van der Waals surface area contributed by atoms with Crippen molar-refractivity contribution in [2.75, 3.05) is 13.7 Å². The lowest BCUT2D eigenvalue weighted by atomic mass is 10.2. The summed E-state index contributed by atoms with van der Waals surface area (Å²) in [6.07, 6.45) is 2.16. The second-order valence-electron chi connectivity index (χ2n) is 4.95. The number of hydrogen-bond acceptors (Lipinski definition) is 5. The highest BCUT2D eigenvalue weighted by Crippen LogP contribution is 2.24. The molecule has 0 bridgehead atoms. The van der Waals surface area contributed by atoms with Crippen molar-refractivity contribution in [3.8, 4) is 12.1 Å². The van der Waals surface area contributed by atoms with Crippen LogP contribution in [0.4, 0.5) is 0 Å².